The maximum atomic E-state index is 13.0. The molecular formula is C21H21N7OS3. The number of nitrogens with one attached hydrogen (secondary N) is 2. The Kier molecular flexibility index (Phi) is 7.20. The molecule has 11 heteroatoms. The highest BCUT2D eigenvalue weighted by Crippen LogP contribution is 2.33. The molecule has 2 N–H and O–H groups in total. The lowest BCUT2D eigenvalue weighted by Crippen LogP contribution is -2.16. The zero-order chi connectivity index (χ0) is 22.5. The van der Waals surface area contributed by atoms with Crippen LogP contribution in [0.5, 0.6) is 0 Å². The van der Waals surface area contributed by atoms with Crippen molar-refractivity contribution in [1.82, 2.24) is 30.0 Å². The highest BCUT2D eigenvalue weighted by molar-refractivity contribution is 7.99. The summed E-state index contributed by atoms with van der Waals surface area (Å²) in [6, 6.07) is 12.5. The molecule has 0 bridgehead atoms. The van der Waals surface area contributed by atoms with Gasteiger partial charge in [-0.3, -0.25) is 10.1 Å². The van der Waals surface area contributed by atoms with Gasteiger partial charge in [-0.25, -0.2) is 9.97 Å². The molecule has 164 valence electrons. The van der Waals surface area contributed by atoms with E-state index < -0.39 is 0 Å². The fourth-order valence-electron chi connectivity index (χ4n) is 2.75. The van der Waals surface area contributed by atoms with Crippen molar-refractivity contribution in [1.29, 1.82) is 0 Å². The zero-order valence-electron chi connectivity index (χ0n) is 17.6. The van der Waals surface area contributed by atoms with Crippen molar-refractivity contribution in [2.24, 2.45) is 0 Å². The Labute approximate surface area is 198 Å². The summed E-state index contributed by atoms with van der Waals surface area (Å²) in [6.45, 7) is 2.16. The molecule has 3 heterocycles. The number of aromatic nitrogens is 5. The van der Waals surface area contributed by atoms with Crippen molar-refractivity contribution in [2.45, 2.75) is 32.9 Å². The van der Waals surface area contributed by atoms with Gasteiger partial charge in [-0.15, -0.1) is 21.5 Å². The van der Waals surface area contributed by atoms with Gasteiger partial charge in [0.05, 0.1) is 0 Å². The number of thiazole rings is 1. The van der Waals surface area contributed by atoms with Gasteiger partial charge in [-0.05, 0) is 62.6 Å². The Balaban J connectivity index is 1.60. The second-order valence-corrected chi connectivity index (χ2v) is 10.0. The van der Waals surface area contributed by atoms with Crippen LogP contribution in [0.25, 0.3) is 0 Å². The minimum absolute atomic E-state index is 0.305. The molecule has 3 aromatic heterocycles. The smallest absolute Gasteiger partial charge is 0.277 e. The summed E-state index contributed by atoms with van der Waals surface area (Å²) in [6.07, 6.45) is 3.15. The van der Waals surface area contributed by atoms with Crippen molar-refractivity contribution in [2.75, 3.05) is 19.4 Å². The van der Waals surface area contributed by atoms with Crippen LogP contribution >= 0.6 is 34.9 Å². The molecule has 4 aromatic rings. The first-order valence-corrected chi connectivity index (χ1v) is 12.2. The van der Waals surface area contributed by atoms with E-state index in [0.29, 0.717) is 27.0 Å². The van der Waals surface area contributed by atoms with Gasteiger partial charge in [0.25, 0.3) is 5.91 Å². The summed E-state index contributed by atoms with van der Waals surface area (Å²) in [5.41, 5.74) is 1.57. The summed E-state index contributed by atoms with van der Waals surface area (Å²) in [7, 11) is 4.12. The average Bonchev–Trinajstić information content (AvgIpc) is 3.49. The van der Waals surface area contributed by atoms with E-state index in [1.165, 1.54) is 46.8 Å². The van der Waals surface area contributed by atoms with Crippen LogP contribution in [0.2, 0.25) is 0 Å². The molecule has 0 aliphatic carbocycles. The Morgan fingerprint density at radius 2 is 1.97 bits per heavy atom. The lowest BCUT2D eigenvalue weighted by Gasteiger charge is -2.20. The molecular weight excluding hydrogens is 462 g/mol. The largest absolute Gasteiger partial charge is 0.322 e. The number of hydrogen-bond acceptors (Lipinski definition) is 9. The zero-order valence-corrected chi connectivity index (χ0v) is 20.1. The maximum Gasteiger partial charge on any atom is 0.277 e. The number of amides is 1. The summed E-state index contributed by atoms with van der Waals surface area (Å²) in [5.74, 6) is -0.305. The van der Waals surface area contributed by atoms with Crippen LogP contribution in [0.1, 0.15) is 29.0 Å². The normalized spacial score (nSPS) is 12.1. The first kappa shape index (κ1) is 22.5. The third kappa shape index (κ3) is 5.54. The van der Waals surface area contributed by atoms with Crippen molar-refractivity contribution >= 4 is 45.9 Å². The molecule has 4 rings (SSSR count). The Bertz CT molecular complexity index is 1160. The minimum Gasteiger partial charge on any atom is -0.322 e. The number of aromatic amines is 1. The fourth-order valence-corrected chi connectivity index (χ4v) is 4.85. The lowest BCUT2D eigenvalue weighted by atomic mass is 10.1. The van der Waals surface area contributed by atoms with Crippen molar-refractivity contribution in [3.8, 4) is 0 Å². The molecule has 0 aliphatic rings. The van der Waals surface area contributed by atoms with E-state index in [0.717, 1.165) is 9.79 Å². The molecule has 8 nitrogen and oxygen atoms in total. The van der Waals surface area contributed by atoms with Crippen molar-refractivity contribution < 1.29 is 4.79 Å². The van der Waals surface area contributed by atoms with Gasteiger partial charge in [-0.1, -0.05) is 23.9 Å². The standard InChI is InChI=1S/C21H21N7OS3/c1-13(28(2)3)14-4-6-15(7-5-14)31-16-8-9-17(32-21-23-12-24-27-21)25-18(16)19(29)26-20-22-10-11-30-20/h4-13H,1-3H3,(H,22,26,29)(H,23,24,27). The molecule has 0 radical (unpaired) electrons. The monoisotopic (exact) mass is 483 g/mol. The number of hydrogen-bond donors (Lipinski definition) is 2. The van der Waals surface area contributed by atoms with Crippen molar-refractivity contribution in [3.05, 3.63) is 65.6 Å². The average molecular weight is 484 g/mol. The van der Waals surface area contributed by atoms with Gasteiger partial charge in [0, 0.05) is 27.4 Å². The van der Waals surface area contributed by atoms with E-state index >= 15 is 0 Å². The molecule has 0 saturated carbocycles. The molecule has 1 unspecified atom stereocenters. The number of carbonyl (C=O) groups excluding carboxylic acids is 1. The summed E-state index contributed by atoms with van der Waals surface area (Å²) in [5, 5.41) is 14.2. The lowest BCUT2D eigenvalue weighted by molar-refractivity contribution is 0.101. The molecule has 1 amide bonds. The molecule has 0 saturated heterocycles. The highest BCUT2D eigenvalue weighted by Gasteiger charge is 2.18. The second kappa shape index (κ2) is 10.3. The van der Waals surface area contributed by atoms with E-state index in [1.807, 2.05) is 17.5 Å². The highest BCUT2D eigenvalue weighted by atomic mass is 32.2. The van der Waals surface area contributed by atoms with Crippen LogP contribution in [-0.4, -0.2) is 50.1 Å². The van der Waals surface area contributed by atoms with Crippen LogP contribution in [0.15, 0.2) is 74.3 Å². The van der Waals surface area contributed by atoms with Crippen LogP contribution in [0.3, 0.4) is 0 Å². The maximum absolute atomic E-state index is 13.0. The fraction of sp³-hybridized carbons (Fsp3) is 0.190. The van der Waals surface area contributed by atoms with E-state index in [-0.39, 0.29) is 5.91 Å². The number of carbonyl (C=O) groups is 1. The van der Waals surface area contributed by atoms with E-state index in [2.05, 4.69) is 80.7 Å². The molecule has 0 spiro atoms. The van der Waals surface area contributed by atoms with Crippen LogP contribution < -0.4 is 5.32 Å². The third-order valence-electron chi connectivity index (χ3n) is 4.66. The Hall–Kier alpha value is -2.73. The summed E-state index contributed by atoms with van der Waals surface area (Å²) in [4.78, 5) is 28.7. The van der Waals surface area contributed by atoms with Gasteiger partial charge in [-0.2, -0.15) is 0 Å². The van der Waals surface area contributed by atoms with E-state index in [1.54, 1.807) is 6.20 Å². The topological polar surface area (TPSA) is 99.7 Å². The van der Waals surface area contributed by atoms with E-state index in [9.17, 15) is 4.79 Å². The van der Waals surface area contributed by atoms with Gasteiger partial charge >= 0.3 is 0 Å². The quantitative estimate of drug-likeness (QED) is 0.367. The number of anilines is 1. The number of benzene rings is 1. The minimum atomic E-state index is -0.305. The van der Waals surface area contributed by atoms with Gasteiger partial charge in [0.1, 0.15) is 17.0 Å². The van der Waals surface area contributed by atoms with Gasteiger partial charge in [0.15, 0.2) is 10.3 Å². The number of H-pyrrole nitrogens is 1. The predicted octanol–water partition coefficient (Wildman–Crippen LogP) is 4.83. The first-order valence-electron chi connectivity index (χ1n) is 9.69. The van der Waals surface area contributed by atoms with Gasteiger partial charge < -0.3 is 9.88 Å². The number of rotatable bonds is 8. The van der Waals surface area contributed by atoms with Crippen LogP contribution in [-0.2, 0) is 0 Å². The summed E-state index contributed by atoms with van der Waals surface area (Å²) < 4.78 is 0. The van der Waals surface area contributed by atoms with Crippen molar-refractivity contribution in [3.63, 3.8) is 0 Å². The SMILES string of the molecule is CC(c1ccc(Sc2ccc(Sc3nnc[nH]3)nc2C(=O)Nc2nccs2)cc1)N(C)C. The summed E-state index contributed by atoms with van der Waals surface area (Å²) >= 11 is 4.17. The van der Waals surface area contributed by atoms with Crippen LogP contribution in [0, 0.1) is 0 Å². The Morgan fingerprint density at radius 3 is 2.62 bits per heavy atom. The Morgan fingerprint density at radius 1 is 1.16 bits per heavy atom. The van der Waals surface area contributed by atoms with E-state index in [4.69, 9.17) is 0 Å². The molecule has 1 aromatic carbocycles. The first-order chi connectivity index (χ1) is 15.5. The number of pyridine rings is 1. The molecule has 32 heavy (non-hydrogen) atoms. The molecule has 1 atom stereocenters. The molecule has 0 aliphatic heterocycles. The van der Waals surface area contributed by atoms with Crippen LogP contribution in [0.4, 0.5) is 5.13 Å². The van der Waals surface area contributed by atoms with Gasteiger partial charge in [0.2, 0.25) is 0 Å². The predicted molar refractivity (Wildman–Crippen MR) is 127 cm³/mol. The molecule has 0 fully saturated rings. The third-order valence-corrected chi connectivity index (χ3v) is 7.24. The number of nitrogens with zero attached hydrogens (tertiary/aromatic N) is 5. The second-order valence-electron chi connectivity index (χ2n) is 6.99.